The molecule has 7 heteroatoms. The van der Waals surface area contributed by atoms with Crippen LogP contribution in [0.1, 0.15) is 12.8 Å². The van der Waals surface area contributed by atoms with Crippen molar-refractivity contribution >= 4 is 23.3 Å². The molecule has 0 atom stereocenters. The number of piperazine rings is 1. The molecule has 0 unspecified atom stereocenters. The molecule has 0 aromatic carbocycles. The average molecular weight is 287 g/mol. The summed E-state index contributed by atoms with van der Waals surface area (Å²) in [5.41, 5.74) is 2.81. The number of amides is 2. The van der Waals surface area contributed by atoms with Gasteiger partial charge in [-0.15, -0.1) is 0 Å². The van der Waals surface area contributed by atoms with E-state index in [1.54, 1.807) is 11.1 Å². The van der Waals surface area contributed by atoms with Gasteiger partial charge in [0.2, 0.25) is 5.91 Å². The van der Waals surface area contributed by atoms with Gasteiger partial charge >= 0.3 is 0 Å². The van der Waals surface area contributed by atoms with E-state index in [4.69, 9.17) is 0 Å². The van der Waals surface area contributed by atoms with Gasteiger partial charge in [-0.05, 0) is 12.1 Å². The van der Waals surface area contributed by atoms with Crippen molar-refractivity contribution in [2.24, 2.45) is 5.10 Å². The third kappa shape index (κ3) is 3.01. The summed E-state index contributed by atoms with van der Waals surface area (Å²) in [4.78, 5) is 31.6. The van der Waals surface area contributed by atoms with Crippen LogP contribution in [0.5, 0.6) is 0 Å². The molecular weight excluding hydrogens is 270 g/mol. The Hall–Kier alpha value is -2.44. The fourth-order valence-electron chi connectivity index (χ4n) is 2.49. The number of aromatic nitrogens is 1. The number of carbonyl (C=O) groups excluding carboxylic acids is 2. The maximum Gasteiger partial charge on any atom is 0.270 e. The lowest BCUT2D eigenvalue weighted by Crippen LogP contribution is -2.51. The van der Waals surface area contributed by atoms with Crippen LogP contribution >= 0.6 is 0 Å². The summed E-state index contributed by atoms with van der Waals surface area (Å²) in [6.45, 7) is 2.79. The van der Waals surface area contributed by atoms with Crippen molar-refractivity contribution in [3.63, 3.8) is 0 Å². The monoisotopic (exact) mass is 287 g/mol. The molecule has 2 aliphatic rings. The standard InChI is InChI=1S/C14H17N5O2/c20-13-5-4-11(16-17-13)14(21)19-9-7-18(8-10-19)12-3-1-2-6-15-12/h1-3,6H,4-5,7-10H2,(H,17,20). The summed E-state index contributed by atoms with van der Waals surface area (Å²) < 4.78 is 0. The van der Waals surface area contributed by atoms with Gasteiger partial charge in [-0.2, -0.15) is 5.10 Å². The van der Waals surface area contributed by atoms with Gasteiger partial charge in [-0.3, -0.25) is 9.59 Å². The molecule has 0 radical (unpaired) electrons. The molecule has 1 saturated heterocycles. The maximum absolute atomic E-state index is 12.3. The van der Waals surface area contributed by atoms with E-state index in [-0.39, 0.29) is 11.8 Å². The van der Waals surface area contributed by atoms with E-state index in [2.05, 4.69) is 20.4 Å². The lowest BCUT2D eigenvalue weighted by Gasteiger charge is -2.35. The highest BCUT2D eigenvalue weighted by molar-refractivity contribution is 6.39. The van der Waals surface area contributed by atoms with Crippen molar-refractivity contribution in [3.8, 4) is 0 Å². The third-order valence-electron chi connectivity index (χ3n) is 3.69. The van der Waals surface area contributed by atoms with Crippen LogP contribution in [0.4, 0.5) is 5.82 Å². The fraction of sp³-hybridized carbons (Fsp3) is 0.429. The van der Waals surface area contributed by atoms with Crippen molar-refractivity contribution < 1.29 is 9.59 Å². The first-order chi connectivity index (χ1) is 10.2. The molecular formula is C14H17N5O2. The summed E-state index contributed by atoms with van der Waals surface area (Å²) in [5.74, 6) is 0.731. The lowest BCUT2D eigenvalue weighted by atomic mass is 10.1. The van der Waals surface area contributed by atoms with Gasteiger partial charge in [-0.1, -0.05) is 6.07 Å². The largest absolute Gasteiger partial charge is 0.353 e. The highest BCUT2D eigenvalue weighted by Gasteiger charge is 2.26. The van der Waals surface area contributed by atoms with Gasteiger partial charge in [0, 0.05) is 45.2 Å². The Balaban J connectivity index is 1.58. The van der Waals surface area contributed by atoms with Crippen LogP contribution < -0.4 is 10.3 Å². The van der Waals surface area contributed by atoms with Gasteiger partial charge in [-0.25, -0.2) is 10.4 Å². The summed E-state index contributed by atoms with van der Waals surface area (Å²) in [6.07, 6.45) is 2.52. The number of pyridine rings is 1. The first kappa shape index (κ1) is 13.5. The van der Waals surface area contributed by atoms with E-state index in [0.29, 0.717) is 31.6 Å². The van der Waals surface area contributed by atoms with E-state index < -0.39 is 0 Å². The molecule has 1 aromatic rings. The molecule has 0 bridgehead atoms. The lowest BCUT2D eigenvalue weighted by molar-refractivity contribution is -0.124. The second-order valence-corrected chi connectivity index (χ2v) is 5.06. The van der Waals surface area contributed by atoms with E-state index in [1.165, 1.54) is 0 Å². The number of hydrazone groups is 1. The Morgan fingerprint density at radius 1 is 1.14 bits per heavy atom. The molecule has 2 aliphatic heterocycles. The van der Waals surface area contributed by atoms with Crippen LogP contribution in [0.3, 0.4) is 0 Å². The Labute approximate surface area is 122 Å². The minimum absolute atomic E-state index is 0.0735. The molecule has 1 N–H and O–H groups in total. The van der Waals surface area contributed by atoms with Gasteiger partial charge in [0.1, 0.15) is 11.5 Å². The molecule has 3 rings (SSSR count). The highest BCUT2D eigenvalue weighted by atomic mass is 16.2. The maximum atomic E-state index is 12.3. The summed E-state index contributed by atoms with van der Waals surface area (Å²) >= 11 is 0. The van der Waals surface area contributed by atoms with Gasteiger partial charge in [0.25, 0.3) is 5.91 Å². The molecule has 7 nitrogen and oxygen atoms in total. The zero-order valence-electron chi connectivity index (χ0n) is 11.7. The topological polar surface area (TPSA) is 77.9 Å². The molecule has 3 heterocycles. The molecule has 1 aromatic heterocycles. The van der Waals surface area contributed by atoms with Crippen molar-refractivity contribution in [2.45, 2.75) is 12.8 Å². The number of hydrogen-bond acceptors (Lipinski definition) is 5. The summed E-state index contributed by atoms with van der Waals surface area (Å²) in [5, 5.41) is 3.86. The second-order valence-electron chi connectivity index (χ2n) is 5.06. The smallest absolute Gasteiger partial charge is 0.270 e. The normalized spacial score (nSPS) is 19.0. The minimum atomic E-state index is -0.133. The molecule has 0 spiro atoms. The first-order valence-electron chi connectivity index (χ1n) is 7.05. The Morgan fingerprint density at radius 3 is 2.57 bits per heavy atom. The summed E-state index contributed by atoms with van der Waals surface area (Å²) in [6, 6.07) is 5.82. The SMILES string of the molecule is O=C1CCC(C(=O)N2CCN(c3ccccn3)CC2)=NN1. The Kier molecular flexibility index (Phi) is 3.81. The van der Waals surface area contributed by atoms with Crippen molar-refractivity contribution in [1.82, 2.24) is 15.3 Å². The van der Waals surface area contributed by atoms with Crippen LogP contribution in [0, 0.1) is 0 Å². The third-order valence-corrected chi connectivity index (χ3v) is 3.69. The summed E-state index contributed by atoms with van der Waals surface area (Å²) in [7, 11) is 0. The van der Waals surface area contributed by atoms with Crippen LogP contribution in [0.25, 0.3) is 0 Å². The number of nitrogens with one attached hydrogen (secondary N) is 1. The van der Waals surface area contributed by atoms with Crippen LogP contribution in [0.15, 0.2) is 29.5 Å². The molecule has 2 amide bonds. The number of carbonyl (C=O) groups is 2. The zero-order chi connectivity index (χ0) is 14.7. The molecule has 0 aliphatic carbocycles. The molecule has 21 heavy (non-hydrogen) atoms. The number of rotatable bonds is 2. The number of anilines is 1. The molecule has 110 valence electrons. The van der Waals surface area contributed by atoms with Gasteiger partial charge in [0.05, 0.1) is 0 Å². The first-order valence-corrected chi connectivity index (χ1v) is 7.05. The Morgan fingerprint density at radius 2 is 1.95 bits per heavy atom. The predicted octanol–water partition coefficient (Wildman–Crippen LogP) is -0.00380. The van der Waals surface area contributed by atoms with Crippen LogP contribution in [0.2, 0.25) is 0 Å². The number of hydrogen-bond donors (Lipinski definition) is 1. The molecule has 0 saturated carbocycles. The quantitative estimate of drug-likeness (QED) is 0.830. The predicted molar refractivity (Wildman–Crippen MR) is 77.8 cm³/mol. The van der Waals surface area contributed by atoms with Gasteiger partial charge in [0.15, 0.2) is 0 Å². The minimum Gasteiger partial charge on any atom is -0.353 e. The van der Waals surface area contributed by atoms with Crippen LogP contribution in [-0.4, -0.2) is 53.6 Å². The van der Waals surface area contributed by atoms with Crippen molar-refractivity contribution in [3.05, 3.63) is 24.4 Å². The van der Waals surface area contributed by atoms with Crippen molar-refractivity contribution in [2.75, 3.05) is 31.1 Å². The van der Waals surface area contributed by atoms with E-state index >= 15 is 0 Å². The zero-order valence-corrected chi connectivity index (χ0v) is 11.7. The Bertz CT molecular complexity index is 564. The van der Waals surface area contributed by atoms with Gasteiger partial charge < -0.3 is 9.80 Å². The fourth-order valence-corrected chi connectivity index (χ4v) is 2.49. The van der Waals surface area contributed by atoms with E-state index in [9.17, 15) is 9.59 Å². The number of nitrogens with zero attached hydrogens (tertiary/aromatic N) is 4. The van der Waals surface area contributed by atoms with Crippen LogP contribution in [-0.2, 0) is 9.59 Å². The van der Waals surface area contributed by atoms with E-state index in [0.717, 1.165) is 18.9 Å². The molecule has 1 fully saturated rings. The van der Waals surface area contributed by atoms with E-state index in [1.807, 2.05) is 18.2 Å². The second kappa shape index (κ2) is 5.90. The van der Waals surface area contributed by atoms with Crippen molar-refractivity contribution in [1.29, 1.82) is 0 Å². The average Bonchev–Trinajstić information content (AvgIpc) is 2.56. The highest BCUT2D eigenvalue weighted by Crippen LogP contribution is 2.13.